The zero-order valence-electron chi connectivity index (χ0n) is 18.1. The van der Waals surface area contributed by atoms with Crippen molar-refractivity contribution in [1.29, 1.82) is 0 Å². The van der Waals surface area contributed by atoms with Crippen LogP contribution in [0.4, 0.5) is 0 Å². The number of carbonyl (C=O) groups is 1. The first-order chi connectivity index (χ1) is 12.6. The van der Waals surface area contributed by atoms with Gasteiger partial charge in [-0.15, -0.1) is 0 Å². The lowest BCUT2D eigenvalue weighted by Gasteiger charge is -2.31. The average molecular weight is 370 g/mol. The van der Waals surface area contributed by atoms with Gasteiger partial charge in [-0.25, -0.2) is 0 Å². The molecule has 26 heavy (non-hydrogen) atoms. The molecule has 3 heteroatoms. The van der Waals surface area contributed by atoms with Crippen molar-refractivity contribution in [2.75, 3.05) is 7.05 Å². The highest BCUT2D eigenvalue weighted by atomic mass is 16.4. The van der Waals surface area contributed by atoms with E-state index in [0.29, 0.717) is 0 Å². The number of rotatable bonds is 20. The van der Waals surface area contributed by atoms with E-state index in [1.807, 2.05) is 12.4 Å². The minimum absolute atomic E-state index is 0.690. The van der Waals surface area contributed by atoms with Crippen LogP contribution in [0, 0.1) is 0 Å². The Morgan fingerprint density at radius 3 is 1.23 bits per heavy atom. The molecule has 3 nitrogen and oxygen atoms in total. The zero-order valence-corrected chi connectivity index (χ0v) is 18.1. The van der Waals surface area contributed by atoms with Gasteiger partial charge in [0, 0.05) is 12.8 Å². The monoisotopic (exact) mass is 369 g/mol. The number of hydrogen-bond donors (Lipinski definition) is 1. The molecule has 0 fully saturated rings. The zero-order chi connectivity index (χ0) is 19.5. The molecule has 0 radical (unpaired) electrons. The molecule has 156 valence electrons. The Hall–Kier alpha value is -0.570. The summed E-state index contributed by atoms with van der Waals surface area (Å²) in [6.45, 7) is 4.49. The molecule has 0 unspecified atom stereocenters. The highest BCUT2D eigenvalue weighted by Gasteiger charge is 2.32. The van der Waals surface area contributed by atoms with E-state index < -0.39 is 11.5 Å². The maximum atomic E-state index is 11.8. The first-order valence-electron chi connectivity index (χ1n) is 11.6. The van der Waals surface area contributed by atoms with Gasteiger partial charge in [0.2, 0.25) is 0 Å². The maximum Gasteiger partial charge on any atom is 0.136 e. The second kappa shape index (κ2) is 17.8. The lowest BCUT2D eigenvalue weighted by molar-refractivity contribution is -0.698. The Balaban J connectivity index is 3.92. The smallest absolute Gasteiger partial charge is 0.136 e. The number of hydrogen-bond acceptors (Lipinski definition) is 2. The molecule has 0 aromatic rings. The van der Waals surface area contributed by atoms with Gasteiger partial charge in [-0.1, -0.05) is 104 Å². The molecule has 0 aliphatic heterocycles. The van der Waals surface area contributed by atoms with Crippen LogP contribution in [0.2, 0.25) is 0 Å². The van der Waals surface area contributed by atoms with Crippen molar-refractivity contribution in [3.63, 3.8) is 0 Å². The first kappa shape index (κ1) is 25.4. The largest absolute Gasteiger partial charge is 0.544 e. The fourth-order valence-electron chi connectivity index (χ4n) is 3.88. The molecule has 2 N–H and O–H groups in total. The van der Waals surface area contributed by atoms with Crippen LogP contribution in [-0.2, 0) is 4.79 Å². The van der Waals surface area contributed by atoms with Crippen LogP contribution in [0.5, 0.6) is 0 Å². The predicted molar refractivity (Wildman–Crippen MR) is 110 cm³/mol. The maximum absolute atomic E-state index is 11.8. The molecule has 0 amide bonds. The summed E-state index contributed by atoms with van der Waals surface area (Å²) < 4.78 is 0. The number of aliphatic carboxylic acids is 1. The number of unbranched alkanes of at least 4 members (excludes halogenated alkanes) is 14. The van der Waals surface area contributed by atoms with Crippen molar-refractivity contribution < 1.29 is 15.2 Å². The fourth-order valence-corrected chi connectivity index (χ4v) is 3.88. The molecule has 0 atom stereocenters. The number of quaternary nitrogens is 1. The van der Waals surface area contributed by atoms with Crippen molar-refractivity contribution in [3.8, 4) is 0 Å². The van der Waals surface area contributed by atoms with Gasteiger partial charge in [-0.2, -0.15) is 0 Å². The summed E-state index contributed by atoms with van der Waals surface area (Å²) in [5.41, 5.74) is -0.690. The Kier molecular flexibility index (Phi) is 17.4. The Morgan fingerprint density at radius 1 is 0.654 bits per heavy atom. The lowest BCUT2D eigenvalue weighted by atomic mass is 9.86. The summed E-state index contributed by atoms with van der Waals surface area (Å²) in [5.74, 6) is -0.856. The van der Waals surface area contributed by atoms with E-state index in [2.05, 4.69) is 13.8 Å². The van der Waals surface area contributed by atoms with Gasteiger partial charge in [-0.3, -0.25) is 0 Å². The summed E-state index contributed by atoms with van der Waals surface area (Å²) >= 11 is 0. The topological polar surface area (TPSA) is 56.7 Å². The predicted octanol–water partition coefficient (Wildman–Crippen LogP) is 4.73. The van der Waals surface area contributed by atoms with Gasteiger partial charge in [0.1, 0.15) is 11.5 Å². The molecule has 0 aliphatic carbocycles. The van der Waals surface area contributed by atoms with Crippen LogP contribution in [0.25, 0.3) is 0 Å². The van der Waals surface area contributed by atoms with Gasteiger partial charge < -0.3 is 15.2 Å². The summed E-state index contributed by atoms with van der Waals surface area (Å²) in [6, 6.07) is 0. The minimum Gasteiger partial charge on any atom is -0.544 e. The summed E-state index contributed by atoms with van der Waals surface area (Å²) in [6.07, 6.45) is 21.6. The molecule has 0 aromatic carbocycles. The molecule has 0 spiro atoms. The second-order valence-corrected chi connectivity index (χ2v) is 8.18. The van der Waals surface area contributed by atoms with Gasteiger partial charge in [0.05, 0.1) is 7.05 Å². The number of nitrogens with two attached hydrogens (primary N) is 1. The first-order valence-corrected chi connectivity index (χ1v) is 11.6. The Labute approximate surface area is 163 Å². The molecule has 0 heterocycles. The van der Waals surface area contributed by atoms with Crippen LogP contribution in [0.3, 0.4) is 0 Å². The standard InChI is InChI=1S/C23H47NO2/c1-4-6-8-10-12-14-16-18-20-23(24-3,22(25)26)21-19-17-15-13-11-9-7-5-2/h24H,4-21H2,1-3H3,(H,25,26). The SMILES string of the molecule is CCCCCCCCCCC(CCCCCCCCCC)([NH2+]C)C(=O)[O-]. The number of likely N-dealkylation sites (N-methyl/N-ethyl adjacent to an activating group) is 1. The van der Waals surface area contributed by atoms with Crippen molar-refractivity contribution in [3.05, 3.63) is 0 Å². The number of carbonyl (C=O) groups excluding carboxylic acids is 1. The number of carboxylic acids is 1. The van der Waals surface area contributed by atoms with Crippen molar-refractivity contribution in [2.45, 2.75) is 135 Å². The third kappa shape index (κ3) is 12.7. The van der Waals surface area contributed by atoms with Crippen LogP contribution >= 0.6 is 0 Å². The quantitative estimate of drug-likeness (QED) is 0.315. The summed E-state index contributed by atoms with van der Waals surface area (Å²) in [5, 5.41) is 13.7. The second-order valence-electron chi connectivity index (χ2n) is 8.18. The summed E-state index contributed by atoms with van der Waals surface area (Å²) in [4.78, 5) is 11.8. The lowest BCUT2D eigenvalue weighted by Crippen LogP contribution is -2.97. The molecule has 0 saturated carbocycles. The van der Waals surface area contributed by atoms with Crippen LogP contribution < -0.4 is 10.4 Å². The van der Waals surface area contributed by atoms with Gasteiger partial charge >= 0.3 is 0 Å². The van der Waals surface area contributed by atoms with E-state index in [4.69, 9.17) is 0 Å². The van der Waals surface area contributed by atoms with E-state index in [0.717, 1.165) is 38.5 Å². The molecular weight excluding hydrogens is 322 g/mol. The van der Waals surface area contributed by atoms with Gasteiger partial charge in [-0.05, 0) is 12.8 Å². The summed E-state index contributed by atoms with van der Waals surface area (Å²) in [7, 11) is 1.91. The van der Waals surface area contributed by atoms with Crippen LogP contribution in [0.1, 0.15) is 129 Å². The van der Waals surface area contributed by atoms with Crippen molar-refractivity contribution in [2.24, 2.45) is 0 Å². The van der Waals surface area contributed by atoms with E-state index in [-0.39, 0.29) is 0 Å². The third-order valence-electron chi connectivity index (χ3n) is 5.91. The third-order valence-corrected chi connectivity index (χ3v) is 5.91. The molecule has 0 saturated heterocycles. The molecule has 0 aliphatic rings. The molecule has 0 bridgehead atoms. The van der Waals surface area contributed by atoms with E-state index in [1.165, 1.54) is 77.0 Å². The highest BCUT2D eigenvalue weighted by Crippen LogP contribution is 2.20. The molecule has 0 aromatic heterocycles. The van der Waals surface area contributed by atoms with Crippen molar-refractivity contribution >= 4 is 5.97 Å². The molecular formula is C23H47NO2. The van der Waals surface area contributed by atoms with E-state index in [9.17, 15) is 9.90 Å². The van der Waals surface area contributed by atoms with Gasteiger partial charge in [0.25, 0.3) is 0 Å². The fraction of sp³-hybridized carbons (Fsp3) is 0.957. The average Bonchev–Trinajstić information content (AvgIpc) is 2.64. The van der Waals surface area contributed by atoms with Crippen LogP contribution in [-0.4, -0.2) is 18.6 Å². The Bertz CT molecular complexity index is 297. The van der Waals surface area contributed by atoms with E-state index >= 15 is 0 Å². The van der Waals surface area contributed by atoms with Gasteiger partial charge in [0.15, 0.2) is 0 Å². The number of carboxylic acid groups (broad SMARTS) is 1. The minimum atomic E-state index is -0.856. The highest BCUT2D eigenvalue weighted by molar-refractivity contribution is 5.74. The Morgan fingerprint density at radius 2 is 0.962 bits per heavy atom. The van der Waals surface area contributed by atoms with Crippen LogP contribution in [0.15, 0.2) is 0 Å². The van der Waals surface area contributed by atoms with Crippen molar-refractivity contribution in [1.82, 2.24) is 0 Å². The van der Waals surface area contributed by atoms with E-state index in [1.54, 1.807) is 0 Å². The normalized spacial score (nSPS) is 11.8. The molecule has 0 rings (SSSR count).